The molecule has 7 heteroatoms. The lowest BCUT2D eigenvalue weighted by molar-refractivity contribution is -0.161. The molecule has 7 nitrogen and oxygen atoms in total. The van der Waals surface area contributed by atoms with Gasteiger partial charge in [-0.3, -0.25) is 4.79 Å². The Labute approximate surface area is 139 Å². The summed E-state index contributed by atoms with van der Waals surface area (Å²) in [5.41, 5.74) is -1.69. The summed E-state index contributed by atoms with van der Waals surface area (Å²) >= 11 is 0. The van der Waals surface area contributed by atoms with Gasteiger partial charge in [-0.05, 0) is 32.9 Å². The Hall–Kier alpha value is -2.28. The Morgan fingerprint density at radius 2 is 2.00 bits per heavy atom. The van der Waals surface area contributed by atoms with Crippen LogP contribution in [0.1, 0.15) is 38.9 Å². The monoisotopic (exact) mass is 338 g/mol. The van der Waals surface area contributed by atoms with E-state index in [1.807, 2.05) is 0 Å². The first-order valence-electron chi connectivity index (χ1n) is 7.85. The van der Waals surface area contributed by atoms with Crippen LogP contribution >= 0.6 is 0 Å². The highest BCUT2D eigenvalue weighted by molar-refractivity contribution is 5.93. The molecule has 2 rings (SSSR count). The molecule has 1 aromatic rings. The van der Waals surface area contributed by atoms with Crippen molar-refractivity contribution in [3.05, 3.63) is 35.5 Å². The molecular weight excluding hydrogens is 316 g/mol. The summed E-state index contributed by atoms with van der Waals surface area (Å²) < 4.78 is 15.4. The van der Waals surface area contributed by atoms with Gasteiger partial charge in [0.2, 0.25) is 0 Å². The summed E-state index contributed by atoms with van der Waals surface area (Å²) in [6.45, 7) is 4.94. The van der Waals surface area contributed by atoms with Crippen LogP contribution in [0, 0.1) is 5.92 Å². The van der Waals surface area contributed by atoms with Gasteiger partial charge in [-0.1, -0.05) is 0 Å². The number of esters is 2. The van der Waals surface area contributed by atoms with Crippen molar-refractivity contribution in [3.8, 4) is 0 Å². The zero-order valence-corrected chi connectivity index (χ0v) is 13.9. The molecule has 1 aliphatic carbocycles. The van der Waals surface area contributed by atoms with Gasteiger partial charge in [-0.15, -0.1) is 0 Å². The van der Waals surface area contributed by atoms with E-state index >= 15 is 0 Å². The van der Waals surface area contributed by atoms with E-state index in [9.17, 15) is 19.8 Å². The van der Waals surface area contributed by atoms with Crippen LogP contribution in [0.4, 0.5) is 0 Å². The van der Waals surface area contributed by atoms with Gasteiger partial charge in [0.15, 0.2) is 0 Å². The van der Waals surface area contributed by atoms with E-state index in [1.54, 1.807) is 26.0 Å². The van der Waals surface area contributed by atoms with Crippen LogP contribution in [0.25, 0.3) is 0 Å². The van der Waals surface area contributed by atoms with Crippen molar-refractivity contribution < 1.29 is 33.7 Å². The van der Waals surface area contributed by atoms with Gasteiger partial charge in [0.05, 0.1) is 36.6 Å². The van der Waals surface area contributed by atoms with Crippen LogP contribution in [0.15, 0.2) is 34.1 Å². The lowest BCUT2D eigenvalue weighted by Crippen LogP contribution is -2.49. The number of aliphatic hydroxyl groups is 2. The molecule has 3 atom stereocenters. The van der Waals surface area contributed by atoms with Crippen LogP contribution in [0.5, 0.6) is 0 Å². The first-order chi connectivity index (χ1) is 11.3. The number of hydrogen-bond donors (Lipinski definition) is 2. The summed E-state index contributed by atoms with van der Waals surface area (Å²) in [6.07, 6.45) is 1.13. The minimum absolute atomic E-state index is 0.0867. The molecule has 0 bridgehead atoms. The summed E-state index contributed by atoms with van der Waals surface area (Å²) in [7, 11) is 0. The molecule has 0 spiro atoms. The maximum atomic E-state index is 12.5. The van der Waals surface area contributed by atoms with E-state index in [0.29, 0.717) is 0 Å². The van der Waals surface area contributed by atoms with Gasteiger partial charge < -0.3 is 24.1 Å². The van der Waals surface area contributed by atoms with Crippen molar-refractivity contribution in [3.63, 3.8) is 0 Å². The van der Waals surface area contributed by atoms with Gasteiger partial charge in [-0.2, -0.15) is 0 Å². The van der Waals surface area contributed by atoms with E-state index in [-0.39, 0.29) is 36.7 Å². The average Bonchev–Trinajstić information content (AvgIpc) is 2.99. The number of aliphatic hydroxyl groups excluding tert-OH is 1. The van der Waals surface area contributed by atoms with E-state index in [1.165, 1.54) is 13.2 Å². The fourth-order valence-corrected chi connectivity index (χ4v) is 3.10. The largest absolute Gasteiger partial charge is 0.512 e. The number of ether oxygens (including phenoxy) is 2. The van der Waals surface area contributed by atoms with E-state index in [0.717, 1.165) is 0 Å². The van der Waals surface area contributed by atoms with Crippen LogP contribution in [0.2, 0.25) is 0 Å². The van der Waals surface area contributed by atoms with Crippen molar-refractivity contribution in [2.24, 2.45) is 5.92 Å². The second-order valence-corrected chi connectivity index (χ2v) is 5.84. The number of rotatable bonds is 5. The Balaban J connectivity index is 2.59. The summed E-state index contributed by atoms with van der Waals surface area (Å²) in [5.74, 6) is -3.58. The number of furan rings is 1. The molecule has 0 saturated heterocycles. The average molecular weight is 338 g/mol. The quantitative estimate of drug-likeness (QED) is 0.792. The van der Waals surface area contributed by atoms with Crippen LogP contribution in [-0.2, 0) is 19.1 Å². The predicted octanol–water partition coefficient (Wildman–Crippen LogP) is 2.07. The highest BCUT2D eigenvalue weighted by atomic mass is 16.5. The maximum absolute atomic E-state index is 12.5. The molecule has 1 heterocycles. The minimum atomic E-state index is -1.61. The third-order valence-corrected chi connectivity index (χ3v) is 4.04. The standard InChI is InChI=1S/C17H22O7/c1-4-22-15(19)12-10(18)9-17(3,21)14(16(20)23-5-2)13(12)11-7-6-8-24-11/h6-8,13-14,18,21H,4-5,9H2,1-3H3/t13-,14-,17+/m1/s1. The van der Waals surface area contributed by atoms with Gasteiger partial charge in [0.1, 0.15) is 17.4 Å². The fourth-order valence-electron chi connectivity index (χ4n) is 3.10. The molecule has 1 aliphatic rings. The number of hydrogen-bond acceptors (Lipinski definition) is 7. The van der Waals surface area contributed by atoms with Crippen LogP contribution in [0.3, 0.4) is 0 Å². The summed E-state index contributed by atoms with van der Waals surface area (Å²) in [5, 5.41) is 21.0. The highest BCUT2D eigenvalue weighted by Gasteiger charge is 2.53. The third kappa shape index (κ3) is 3.31. The van der Waals surface area contributed by atoms with Gasteiger partial charge in [-0.25, -0.2) is 4.79 Å². The van der Waals surface area contributed by atoms with Crippen molar-refractivity contribution in [1.29, 1.82) is 0 Å². The Kier molecular flexibility index (Phi) is 5.33. The molecule has 2 N–H and O–H groups in total. The summed E-state index contributed by atoms with van der Waals surface area (Å²) in [6, 6.07) is 3.17. The zero-order chi connectivity index (χ0) is 17.9. The highest BCUT2D eigenvalue weighted by Crippen LogP contribution is 2.47. The molecule has 0 saturated carbocycles. The van der Waals surface area contributed by atoms with Crippen molar-refractivity contribution in [1.82, 2.24) is 0 Å². The second kappa shape index (κ2) is 7.09. The maximum Gasteiger partial charge on any atom is 0.338 e. The van der Waals surface area contributed by atoms with Crippen molar-refractivity contribution in [2.75, 3.05) is 13.2 Å². The van der Waals surface area contributed by atoms with E-state index in [4.69, 9.17) is 13.9 Å². The molecule has 0 aliphatic heterocycles. The molecule has 24 heavy (non-hydrogen) atoms. The van der Waals surface area contributed by atoms with Gasteiger partial charge in [0, 0.05) is 6.42 Å². The Morgan fingerprint density at radius 1 is 1.33 bits per heavy atom. The van der Waals surface area contributed by atoms with Crippen molar-refractivity contribution in [2.45, 2.75) is 38.7 Å². The topological polar surface area (TPSA) is 106 Å². The third-order valence-electron chi connectivity index (χ3n) is 4.04. The molecular formula is C17H22O7. The second-order valence-electron chi connectivity index (χ2n) is 5.84. The number of carbonyl (C=O) groups excluding carboxylic acids is 2. The molecule has 0 radical (unpaired) electrons. The molecule has 0 fully saturated rings. The first-order valence-corrected chi connectivity index (χ1v) is 7.85. The normalized spacial score (nSPS) is 27.0. The van der Waals surface area contributed by atoms with E-state index in [2.05, 4.69) is 0 Å². The van der Waals surface area contributed by atoms with Crippen LogP contribution < -0.4 is 0 Å². The molecule has 1 aromatic heterocycles. The van der Waals surface area contributed by atoms with Gasteiger partial charge in [0.25, 0.3) is 0 Å². The molecule has 132 valence electrons. The molecule has 0 amide bonds. The van der Waals surface area contributed by atoms with Crippen LogP contribution in [-0.4, -0.2) is 41.0 Å². The molecule has 0 unspecified atom stereocenters. The fraction of sp³-hybridized carbons (Fsp3) is 0.529. The first kappa shape index (κ1) is 18.1. The van der Waals surface area contributed by atoms with Gasteiger partial charge >= 0.3 is 11.9 Å². The van der Waals surface area contributed by atoms with E-state index < -0.39 is 29.4 Å². The SMILES string of the molecule is CCOC(=O)C1=C(O)C[C@](C)(O)[C@@H](C(=O)OCC)[C@@H]1c1ccco1. The Bertz CT molecular complexity index is 627. The smallest absolute Gasteiger partial charge is 0.338 e. The molecule has 0 aromatic carbocycles. The predicted molar refractivity (Wildman–Crippen MR) is 83.1 cm³/mol. The minimum Gasteiger partial charge on any atom is -0.512 e. The zero-order valence-electron chi connectivity index (χ0n) is 13.9. The lowest BCUT2D eigenvalue weighted by atomic mass is 9.68. The number of carbonyl (C=O) groups is 2. The van der Waals surface area contributed by atoms with Crippen molar-refractivity contribution >= 4 is 11.9 Å². The summed E-state index contributed by atoms with van der Waals surface area (Å²) in [4.78, 5) is 24.8. The Morgan fingerprint density at radius 3 is 2.54 bits per heavy atom. The lowest BCUT2D eigenvalue weighted by Gasteiger charge is -2.40.